The minimum Gasteiger partial charge on any atom is -0.464 e. The van der Waals surface area contributed by atoms with Gasteiger partial charge in [0.25, 0.3) is 0 Å². The number of carbonyl (C=O) groups is 1. The zero-order valence-corrected chi connectivity index (χ0v) is 6.77. The molecule has 4 heteroatoms. The fourth-order valence-electron chi connectivity index (χ4n) is 0.677. The second-order valence-corrected chi connectivity index (χ2v) is 2.36. The third kappa shape index (κ3) is 1.88. The summed E-state index contributed by atoms with van der Waals surface area (Å²) in [6.07, 6.45) is 0. The summed E-state index contributed by atoms with van der Waals surface area (Å²) in [7, 11) is 1.33. The van der Waals surface area contributed by atoms with Gasteiger partial charge in [-0.05, 0) is 12.1 Å². The van der Waals surface area contributed by atoms with E-state index >= 15 is 0 Å². The number of pyridine rings is 1. The van der Waals surface area contributed by atoms with Crippen molar-refractivity contribution in [2.24, 2.45) is 0 Å². The molecule has 1 aromatic rings. The van der Waals surface area contributed by atoms with E-state index in [9.17, 15) is 4.79 Å². The van der Waals surface area contributed by atoms with Crippen LogP contribution in [0.1, 0.15) is 10.5 Å². The smallest absolute Gasteiger partial charge is 0.354 e. The first-order valence-electron chi connectivity index (χ1n) is 3.01. The number of H-pyrrole nitrogens is 1. The number of carbonyl (C=O) groups excluding carboxylic acids is 1. The van der Waals surface area contributed by atoms with E-state index in [0.717, 1.165) is 0 Å². The first-order chi connectivity index (χ1) is 5.24. The molecule has 1 N–H and O–H groups in total. The van der Waals surface area contributed by atoms with Crippen LogP contribution in [0.15, 0.2) is 18.2 Å². The Bertz CT molecular complexity index is 318. The Morgan fingerprint density at radius 2 is 2.36 bits per heavy atom. The molecule has 0 saturated heterocycles. The monoisotopic (exact) mass is 169 g/mol. The summed E-state index contributed by atoms with van der Waals surface area (Å²) in [6.45, 7) is 0. The third-order valence-electron chi connectivity index (χ3n) is 1.17. The number of hydrogen-bond donors (Lipinski definition) is 1. The molecule has 1 rings (SSSR count). The van der Waals surface area contributed by atoms with Crippen LogP contribution in [0.4, 0.5) is 0 Å². The first-order valence-corrected chi connectivity index (χ1v) is 3.42. The van der Waals surface area contributed by atoms with Gasteiger partial charge in [0.2, 0.25) is 0 Å². The first kappa shape index (κ1) is 7.94. The Morgan fingerprint density at radius 3 is 2.91 bits per heavy atom. The van der Waals surface area contributed by atoms with Crippen molar-refractivity contribution < 1.29 is 9.53 Å². The molecule has 1 heterocycles. The van der Waals surface area contributed by atoms with Gasteiger partial charge in [-0.1, -0.05) is 18.3 Å². The maximum atomic E-state index is 10.9. The Hall–Kier alpha value is -1.16. The number of esters is 1. The standard InChI is InChI=1S/C7H7NO2S/c1-10-7(9)5-3-2-4-6(11)8-5/h2-4H,1H3,(H,8,11). The van der Waals surface area contributed by atoms with Crippen LogP contribution < -0.4 is 0 Å². The van der Waals surface area contributed by atoms with E-state index < -0.39 is 5.97 Å². The Labute approximate surface area is 69.0 Å². The Balaban J connectivity index is 3.05. The molecule has 0 aliphatic carbocycles. The van der Waals surface area contributed by atoms with Crippen molar-refractivity contribution in [3.63, 3.8) is 0 Å². The van der Waals surface area contributed by atoms with E-state index in [1.165, 1.54) is 7.11 Å². The van der Waals surface area contributed by atoms with Crippen LogP contribution in [0.2, 0.25) is 0 Å². The molecule has 0 aliphatic rings. The summed E-state index contributed by atoms with van der Waals surface area (Å²) in [6, 6.07) is 5.01. The average molecular weight is 169 g/mol. The van der Waals surface area contributed by atoms with Crippen LogP contribution >= 0.6 is 12.2 Å². The summed E-state index contributed by atoms with van der Waals surface area (Å²) in [5.74, 6) is -0.406. The fraction of sp³-hybridized carbons (Fsp3) is 0.143. The van der Waals surface area contributed by atoms with E-state index in [4.69, 9.17) is 12.2 Å². The van der Waals surface area contributed by atoms with E-state index in [1.54, 1.807) is 18.2 Å². The minimum absolute atomic E-state index is 0.375. The van der Waals surface area contributed by atoms with Crippen molar-refractivity contribution in [1.29, 1.82) is 0 Å². The van der Waals surface area contributed by atoms with Crippen molar-refractivity contribution in [3.05, 3.63) is 28.5 Å². The Kier molecular flexibility index (Phi) is 2.38. The fourth-order valence-corrected chi connectivity index (χ4v) is 0.865. The van der Waals surface area contributed by atoms with Crippen molar-refractivity contribution in [3.8, 4) is 0 Å². The topological polar surface area (TPSA) is 42.1 Å². The summed E-state index contributed by atoms with van der Waals surface area (Å²) in [4.78, 5) is 13.6. The van der Waals surface area contributed by atoms with Crippen molar-refractivity contribution >= 4 is 18.2 Å². The molecule has 0 fully saturated rings. The summed E-state index contributed by atoms with van der Waals surface area (Å²) < 4.78 is 5.00. The van der Waals surface area contributed by atoms with Gasteiger partial charge in [-0.25, -0.2) is 4.79 Å². The zero-order valence-electron chi connectivity index (χ0n) is 5.96. The van der Waals surface area contributed by atoms with E-state index in [-0.39, 0.29) is 0 Å². The number of rotatable bonds is 1. The molecular weight excluding hydrogens is 162 g/mol. The lowest BCUT2D eigenvalue weighted by atomic mass is 10.4. The molecule has 0 unspecified atom stereocenters. The van der Waals surface area contributed by atoms with Crippen LogP contribution in [0.25, 0.3) is 0 Å². The van der Waals surface area contributed by atoms with E-state index in [0.29, 0.717) is 10.3 Å². The van der Waals surface area contributed by atoms with Crippen molar-refractivity contribution in [2.75, 3.05) is 7.11 Å². The molecule has 0 radical (unpaired) electrons. The highest BCUT2D eigenvalue weighted by atomic mass is 32.1. The lowest BCUT2D eigenvalue weighted by Gasteiger charge is -1.96. The molecule has 58 valence electrons. The van der Waals surface area contributed by atoms with Crippen LogP contribution in [0.5, 0.6) is 0 Å². The maximum absolute atomic E-state index is 10.9. The van der Waals surface area contributed by atoms with Crippen molar-refractivity contribution in [2.45, 2.75) is 0 Å². The largest absolute Gasteiger partial charge is 0.464 e. The lowest BCUT2D eigenvalue weighted by Crippen LogP contribution is -2.03. The number of nitrogens with one attached hydrogen (secondary N) is 1. The third-order valence-corrected chi connectivity index (χ3v) is 1.41. The molecule has 0 atom stereocenters. The lowest BCUT2D eigenvalue weighted by molar-refractivity contribution is 0.0594. The number of aromatic amines is 1. The van der Waals surface area contributed by atoms with Gasteiger partial charge >= 0.3 is 5.97 Å². The second-order valence-electron chi connectivity index (χ2n) is 1.92. The van der Waals surface area contributed by atoms with Gasteiger partial charge < -0.3 is 9.72 Å². The van der Waals surface area contributed by atoms with Gasteiger partial charge in [0.1, 0.15) is 10.3 Å². The van der Waals surface area contributed by atoms with E-state index in [1.807, 2.05) is 0 Å². The zero-order chi connectivity index (χ0) is 8.27. The van der Waals surface area contributed by atoms with Gasteiger partial charge in [-0.2, -0.15) is 0 Å². The van der Waals surface area contributed by atoms with E-state index in [2.05, 4.69) is 9.72 Å². The molecule has 0 bridgehead atoms. The minimum atomic E-state index is -0.406. The molecule has 0 saturated carbocycles. The highest BCUT2D eigenvalue weighted by molar-refractivity contribution is 7.71. The van der Waals surface area contributed by atoms with Crippen LogP contribution in [-0.2, 0) is 4.74 Å². The average Bonchev–Trinajstić information content (AvgIpc) is 2.03. The second kappa shape index (κ2) is 3.30. The molecular formula is C7H7NO2S. The number of methoxy groups -OCH3 is 1. The molecule has 11 heavy (non-hydrogen) atoms. The van der Waals surface area contributed by atoms with Gasteiger partial charge in [0.05, 0.1) is 7.11 Å². The Morgan fingerprint density at radius 1 is 1.64 bits per heavy atom. The highest BCUT2D eigenvalue weighted by Gasteiger charge is 2.02. The van der Waals surface area contributed by atoms with Gasteiger partial charge in [0, 0.05) is 0 Å². The summed E-state index contributed by atoms with van der Waals surface area (Å²) in [5.41, 5.74) is 0.375. The van der Waals surface area contributed by atoms with Gasteiger partial charge in [-0.3, -0.25) is 0 Å². The highest BCUT2D eigenvalue weighted by Crippen LogP contribution is 1.96. The van der Waals surface area contributed by atoms with Crippen LogP contribution in [0.3, 0.4) is 0 Å². The number of hydrogen-bond acceptors (Lipinski definition) is 3. The molecule has 0 amide bonds. The van der Waals surface area contributed by atoms with Crippen molar-refractivity contribution in [1.82, 2.24) is 4.98 Å². The summed E-state index contributed by atoms with van der Waals surface area (Å²) >= 11 is 4.80. The van der Waals surface area contributed by atoms with Gasteiger partial charge in [0.15, 0.2) is 0 Å². The normalized spacial score (nSPS) is 9.18. The molecule has 0 spiro atoms. The number of aromatic nitrogens is 1. The quantitative estimate of drug-likeness (QED) is 0.512. The number of ether oxygens (including phenoxy) is 1. The van der Waals surface area contributed by atoms with Crippen LogP contribution in [-0.4, -0.2) is 18.1 Å². The SMILES string of the molecule is COC(=O)c1cccc(=S)[nH]1. The predicted octanol–water partition coefficient (Wildman–Crippen LogP) is 1.53. The predicted molar refractivity (Wildman–Crippen MR) is 43.0 cm³/mol. The molecule has 0 aliphatic heterocycles. The van der Waals surface area contributed by atoms with Crippen LogP contribution in [0, 0.1) is 4.64 Å². The molecule has 1 aromatic heterocycles. The maximum Gasteiger partial charge on any atom is 0.354 e. The van der Waals surface area contributed by atoms with Gasteiger partial charge in [-0.15, -0.1) is 0 Å². The molecule has 3 nitrogen and oxygen atoms in total. The molecule has 0 aromatic carbocycles. The summed E-state index contributed by atoms with van der Waals surface area (Å²) in [5, 5.41) is 0.